The van der Waals surface area contributed by atoms with Gasteiger partial charge in [0.25, 0.3) is 0 Å². The minimum atomic E-state index is 0.213. The SMILES string of the molecule is C=C1CCCC(C)(C)/C1=C\CC(C)=O. The normalized spacial score (nSPS) is 23.9. The monoisotopic (exact) mass is 192 g/mol. The Labute approximate surface area is 86.9 Å². The molecule has 1 saturated carbocycles. The summed E-state index contributed by atoms with van der Waals surface area (Å²) in [4.78, 5) is 10.9. The van der Waals surface area contributed by atoms with Gasteiger partial charge in [0, 0.05) is 6.42 Å². The first-order valence-electron chi connectivity index (χ1n) is 5.32. The summed E-state index contributed by atoms with van der Waals surface area (Å²) in [6.45, 7) is 10.2. The molecule has 1 aliphatic carbocycles. The number of carbonyl (C=O) groups excluding carboxylic acids is 1. The third-order valence-electron chi connectivity index (χ3n) is 2.98. The van der Waals surface area contributed by atoms with E-state index in [0.717, 1.165) is 6.42 Å². The van der Waals surface area contributed by atoms with Gasteiger partial charge < -0.3 is 0 Å². The fraction of sp³-hybridized carbons (Fsp3) is 0.615. The number of rotatable bonds is 2. The molecule has 0 aromatic rings. The molecule has 0 unspecified atom stereocenters. The molecule has 0 aromatic carbocycles. The Bertz CT molecular complexity index is 282. The molecule has 0 aromatic heterocycles. The lowest BCUT2D eigenvalue weighted by Gasteiger charge is -2.34. The molecule has 0 bridgehead atoms. The maximum absolute atomic E-state index is 10.9. The summed E-state index contributed by atoms with van der Waals surface area (Å²) < 4.78 is 0. The second-order valence-electron chi connectivity index (χ2n) is 4.86. The maximum atomic E-state index is 10.9. The van der Waals surface area contributed by atoms with Crippen molar-refractivity contribution in [2.45, 2.75) is 46.5 Å². The van der Waals surface area contributed by atoms with E-state index in [1.54, 1.807) is 6.92 Å². The van der Waals surface area contributed by atoms with E-state index < -0.39 is 0 Å². The number of hydrogen-bond donors (Lipinski definition) is 0. The van der Waals surface area contributed by atoms with Crippen LogP contribution in [0.25, 0.3) is 0 Å². The van der Waals surface area contributed by atoms with Crippen LogP contribution in [0.3, 0.4) is 0 Å². The van der Waals surface area contributed by atoms with Crippen LogP contribution in [0.4, 0.5) is 0 Å². The first-order chi connectivity index (χ1) is 6.43. The van der Waals surface area contributed by atoms with Crippen LogP contribution in [-0.2, 0) is 4.79 Å². The fourth-order valence-electron chi connectivity index (χ4n) is 2.16. The van der Waals surface area contributed by atoms with Crippen LogP contribution in [0.2, 0.25) is 0 Å². The van der Waals surface area contributed by atoms with E-state index >= 15 is 0 Å². The molecule has 0 N–H and O–H groups in total. The lowest BCUT2D eigenvalue weighted by atomic mass is 9.71. The highest BCUT2D eigenvalue weighted by Gasteiger charge is 2.28. The number of Topliss-reactive ketones (excluding diaryl/α,β-unsaturated/α-hetero) is 1. The Morgan fingerprint density at radius 2 is 2.21 bits per heavy atom. The van der Waals surface area contributed by atoms with Crippen LogP contribution >= 0.6 is 0 Å². The van der Waals surface area contributed by atoms with Gasteiger partial charge in [-0.25, -0.2) is 0 Å². The quantitative estimate of drug-likeness (QED) is 0.652. The van der Waals surface area contributed by atoms with Gasteiger partial charge in [0.15, 0.2) is 0 Å². The van der Waals surface area contributed by atoms with E-state index in [2.05, 4.69) is 26.5 Å². The topological polar surface area (TPSA) is 17.1 Å². The van der Waals surface area contributed by atoms with Gasteiger partial charge in [0.05, 0.1) is 0 Å². The van der Waals surface area contributed by atoms with E-state index in [0.29, 0.717) is 6.42 Å². The fourth-order valence-corrected chi connectivity index (χ4v) is 2.16. The molecule has 1 fully saturated rings. The van der Waals surface area contributed by atoms with Gasteiger partial charge in [0.1, 0.15) is 5.78 Å². The number of carbonyl (C=O) groups is 1. The zero-order valence-electron chi connectivity index (χ0n) is 9.52. The Morgan fingerprint density at radius 3 is 2.71 bits per heavy atom. The molecule has 0 amide bonds. The third-order valence-corrected chi connectivity index (χ3v) is 2.98. The molecule has 1 rings (SSSR count). The van der Waals surface area contributed by atoms with Crippen LogP contribution in [0.1, 0.15) is 46.5 Å². The molecule has 14 heavy (non-hydrogen) atoms. The zero-order valence-corrected chi connectivity index (χ0v) is 9.52. The van der Waals surface area contributed by atoms with Crippen molar-refractivity contribution in [1.82, 2.24) is 0 Å². The largest absolute Gasteiger partial charge is 0.300 e. The summed E-state index contributed by atoms with van der Waals surface area (Å²) in [7, 11) is 0. The van der Waals surface area contributed by atoms with Gasteiger partial charge in [-0.3, -0.25) is 4.79 Å². The van der Waals surface area contributed by atoms with Gasteiger partial charge in [-0.2, -0.15) is 0 Å². The summed E-state index contributed by atoms with van der Waals surface area (Å²) in [5.74, 6) is 0.228. The molecule has 1 nitrogen and oxygen atoms in total. The molecule has 0 atom stereocenters. The number of hydrogen-bond acceptors (Lipinski definition) is 1. The first-order valence-corrected chi connectivity index (χ1v) is 5.32. The summed E-state index contributed by atoms with van der Waals surface area (Å²) in [6.07, 6.45) is 6.15. The molecule has 0 aliphatic heterocycles. The predicted molar refractivity (Wildman–Crippen MR) is 60.2 cm³/mol. The Hall–Kier alpha value is -0.850. The number of ketones is 1. The van der Waals surface area contributed by atoms with E-state index in [9.17, 15) is 4.79 Å². The Balaban J connectivity index is 2.85. The van der Waals surface area contributed by atoms with Gasteiger partial charge in [-0.1, -0.05) is 32.1 Å². The van der Waals surface area contributed by atoms with Gasteiger partial charge in [0.2, 0.25) is 0 Å². The van der Waals surface area contributed by atoms with Gasteiger partial charge in [-0.15, -0.1) is 0 Å². The van der Waals surface area contributed by atoms with Crippen molar-refractivity contribution in [3.05, 3.63) is 23.8 Å². The predicted octanol–water partition coefficient (Wildman–Crippen LogP) is 3.66. The number of allylic oxidation sites excluding steroid dienone is 3. The summed E-state index contributed by atoms with van der Waals surface area (Å²) in [5.41, 5.74) is 2.74. The molecule has 1 heteroatoms. The van der Waals surface area contributed by atoms with E-state index in [1.807, 2.05) is 0 Å². The Kier molecular flexibility index (Phi) is 3.30. The lowest BCUT2D eigenvalue weighted by Crippen LogP contribution is -2.20. The van der Waals surface area contributed by atoms with Crippen molar-refractivity contribution < 1.29 is 4.79 Å². The molecule has 78 valence electrons. The average molecular weight is 192 g/mol. The van der Waals surface area contributed by atoms with Crippen LogP contribution < -0.4 is 0 Å². The van der Waals surface area contributed by atoms with E-state index in [1.165, 1.54) is 24.0 Å². The lowest BCUT2D eigenvalue weighted by molar-refractivity contribution is -0.116. The maximum Gasteiger partial charge on any atom is 0.133 e. The smallest absolute Gasteiger partial charge is 0.133 e. The highest BCUT2D eigenvalue weighted by molar-refractivity contribution is 5.77. The van der Waals surface area contributed by atoms with Crippen LogP contribution in [0.15, 0.2) is 23.8 Å². The summed E-state index contributed by atoms with van der Waals surface area (Å²) >= 11 is 0. The van der Waals surface area contributed by atoms with Crippen LogP contribution in [0, 0.1) is 5.41 Å². The molecule has 1 aliphatic rings. The summed E-state index contributed by atoms with van der Waals surface area (Å²) in [5, 5.41) is 0. The molecular formula is C13H20O. The van der Waals surface area contributed by atoms with Crippen LogP contribution in [-0.4, -0.2) is 5.78 Å². The Morgan fingerprint density at radius 1 is 1.57 bits per heavy atom. The van der Waals surface area contributed by atoms with E-state index in [-0.39, 0.29) is 11.2 Å². The van der Waals surface area contributed by atoms with Crippen molar-refractivity contribution in [3.8, 4) is 0 Å². The highest BCUT2D eigenvalue weighted by Crippen LogP contribution is 2.42. The highest BCUT2D eigenvalue weighted by atomic mass is 16.1. The minimum Gasteiger partial charge on any atom is -0.300 e. The van der Waals surface area contributed by atoms with Crippen molar-refractivity contribution >= 4 is 5.78 Å². The minimum absolute atomic E-state index is 0.213. The van der Waals surface area contributed by atoms with Crippen molar-refractivity contribution in [2.75, 3.05) is 0 Å². The molecule has 0 heterocycles. The van der Waals surface area contributed by atoms with Gasteiger partial charge >= 0.3 is 0 Å². The van der Waals surface area contributed by atoms with Crippen molar-refractivity contribution in [1.29, 1.82) is 0 Å². The molecular weight excluding hydrogens is 172 g/mol. The average Bonchev–Trinajstić information content (AvgIpc) is 2.01. The zero-order chi connectivity index (χ0) is 10.8. The molecule has 0 saturated heterocycles. The standard InChI is InChI=1S/C13H20O/c1-10-6-5-9-13(3,4)12(10)8-7-11(2)14/h8H,1,5-7,9H2,2-4H3/b12-8-. The van der Waals surface area contributed by atoms with E-state index in [4.69, 9.17) is 0 Å². The third kappa shape index (κ3) is 2.57. The van der Waals surface area contributed by atoms with Crippen molar-refractivity contribution in [3.63, 3.8) is 0 Å². The second-order valence-corrected chi connectivity index (χ2v) is 4.86. The first kappa shape index (κ1) is 11.2. The van der Waals surface area contributed by atoms with Crippen LogP contribution in [0.5, 0.6) is 0 Å². The molecule has 0 spiro atoms. The van der Waals surface area contributed by atoms with Gasteiger partial charge in [-0.05, 0) is 37.2 Å². The summed E-state index contributed by atoms with van der Waals surface area (Å²) in [6, 6.07) is 0. The second kappa shape index (κ2) is 4.12. The van der Waals surface area contributed by atoms with Crippen molar-refractivity contribution in [2.24, 2.45) is 5.41 Å². The molecule has 0 radical (unpaired) electrons.